The molecule has 102 valence electrons. The molecule has 1 aliphatic heterocycles. The molecule has 1 fully saturated rings. The molecule has 1 aliphatic carbocycles. The second-order valence-electron chi connectivity index (χ2n) is 5.45. The number of carbonyl (C=O) groups excluding carboxylic acids is 1. The number of nitrogens with one attached hydrogen (secondary N) is 2. The Hall–Kier alpha value is -1.42. The summed E-state index contributed by atoms with van der Waals surface area (Å²) in [5.74, 6) is -0.108. The molecular formula is C15H19FN2O. The molecule has 1 saturated heterocycles. The van der Waals surface area contributed by atoms with Crippen LogP contribution in [0.5, 0.6) is 0 Å². The van der Waals surface area contributed by atoms with Gasteiger partial charge in [-0.1, -0.05) is 6.07 Å². The summed E-state index contributed by atoms with van der Waals surface area (Å²) in [6, 6.07) is 4.89. The van der Waals surface area contributed by atoms with Gasteiger partial charge in [-0.25, -0.2) is 4.39 Å². The third-order valence-electron chi connectivity index (χ3n) is 4.11. The highest BCUT2D eigenvalue weighted by Crippen LogP contribution is 2.30. The van der Waals surface area contributed by atoms with Gasteiger partial charge in [-0.2, -0.15) is 0 Å². The molecule has 1 aromatic rings. The maximum absolute atomic E-state index is 13.2. The smallest absolute Gasteiger partial charge is 0.237 e. The average Bonchev–Trinajstić information content (AvgIpc) is 2.92. The summed E-state index contributed by atoms with van der Waals surface area (Å²) in [6.45, 7) is 0.921. The van der Waals surface area contributed by atoms with E-state index in [0.717, 1.165) is 49.8 Å². The third-order valence-corrected chi connectivity index (χ3v) is 4.11. The molecule has 2 aliphatic rings. The molecule has 1 aromatic carbocycles. The number of halogens is 1. The van der Waals surface area contributed by atoms with E-state index in [0.29, 0.717) is 0 Å². The molecule has 0 radical (unpaired) electrons. The Morgan fingerprint density at radius 1 is 1.32 bits per heavy atom. The summed E-state index contributed by atoms with van der Waals surface area (Å²) in [5.41, 5.74) is 2.12. The first-order valence-electron chi connectivity index (χ1n) is 7.06. The Kier molecular flexibility index (Phi) is 3.51. The van der Waals surface area contributed by atoms with Crippen LogP contribution >= 0.6 is 0 Å². The van der Waals surface area contributed by atoms with Crippen molar-refractivity contribution in [2.45, 2.75) is 44.2 Å². The number of rotatable bonds is 2. The molecule has 2 unspecified atom stereocenters. The highest BCUT2D eigenvalue weighted by Gasteiger charge is 2.27. The lowest BCUT2D eigenvalue weighted by molar-refractivity contribution is -0.123. The minimum Gasteiger partial charge on any atom is -0.348 e. The van der Waals surface area contributed by atoms with Crippen molar-refractivity contribution in [2.75, 3.05) is 6.54 Å². The van der Waals surface area contributed by atoms with Gasteiger partial charge in [0.1, 0.15) is 5.82 Å². The van der Waals surface area contributed by atoms with E-state index < -0.39 is 0 Å². The predicted octanol–water partition coefficient (Wildman–Crippen LogP) is 2.07. The van der Waals surface area contributed by atoms with Crippen molar-refractivity contribution in [3.8, 4) is 0 Å². The Labute approximate surface area is 112 Å². The lowest BCUT2D eigenvalue weighted by Crippen LogP contribution is -2.42. The van der Waals surface area contributed by atoms with Crippen LogP contribution in [0, 0.1) is 5.82 Å². The quantitative estimate of drug-likeness (QED) is 0.856. The maximum Gasteiger partial charge on any atom is 0.237 e. The van der Waals surface area contributed by atoms with Gasteiger partial charge in [0.05, 0.1) is 12.1 Å². The van der Waals surface area contributed by atoms with E-state index in [9.17, 15) is 9.18 Å². The number of hydrogen-bond donors (Lipinski definition) is 2. The van der Waals surface area contributed by atoms with Gasteiger partial charge in [-0.15, -0.1) is 0 Å². The van der Waals surface area contributed by atoms with Gasteiger partial charge in [-0.05, 0) is 61.9 Å². The number of hydrogen-bond acceptors (Lipinski definition) is 2. The first-order valence-corrected chi connectivity index (χ1v) is 7.06. The predicted molar refractivity (Wildman–Crippen MR) is 71.2 cm³/mol. The zero-order chi connectivity index (χ0) is 13.2. The van der Waals surface area contributed by atoms with E-state index in [1.807, 2.05) is 6.07 Å². The van der Waals surface area contributed by atoms with Crippen LogP contribution in [-0.4, -0.2) is 18.5 Å². The number of carbonyl (C=O) groups is 1. The second kappa shape index (κ2) is 5.29. The number of aryl methyl sites for hydroxylation is 1. The minimum absolute atomic E-state index is 0.0410. The second-order valence-corrected chi connectivity index (χ2v) is 5.45. The fourth-order valence-corrected chi connectivity index (χ4v) is 3.11. The molecule has 0 saturated carbocycles. The highest BCUT2D eigenvalue weighted by molar-refractivity contribution is 5.82. The van der Waals surface area contributed by atoms with Crippen molar-refractivity contribution >= 4 is 5.91 Å². The highest BCUT2D eigenvalue weighted by atomic mass is 19.1. The van der Waals surface area contributed by atoms with E-state index >= 15 is 0 Å². The number of amides is 1. The van der Waals surface area contributed by atoms with E-state index in [-0.39, 0.29) is 23.8 Å². The van der Waals surface area contributed by atoms with Crippen molar-refractivity contribution in [3.05, 3.63) is 35.1 Å². The van der Waals surface area contributed by atoms with Gasteiger partial charge in [-0.3, -0.25) is 4.79 Å². The fraction of sp³-hybridized carbons (Fsp3) is 0.533. The fourth-order valence-electron chi connectivity index (χ4n) is 3.11. The van der Waals surface area contributed by atoms with E-state index in [4.69, 9.17) is 0 Å². The van der Waals surface area contributed by atoms with Crippen LogP contribution in [0.4, 0.5) is 4.39 Å². The van der Waals surface area contributed by atoms with E-state index in [2.05, 4.69) is 10.6 Å². The van der Waals surface area contributed by atoms with E-state index in [1.54, 1.807) is 6.07 Å². The van der Waals surface area contributed by atoms with Crippen LogP contribution in [0.1, 0.15) is 42.9 Å². The minimum atomic E-state index is -0.191. The Morgan fingerprint density at radius 2 is 2.21 bits per heavy atom. The van der Waals surface area contributed by atoms with Gasteiger partial charge in [0, 0.05) is 0 Å². The molecule has 0 bridgehead atoms. The Morgan fingerprint density at radius 3 is 3.00 bits per heavy atom. The molecule has 0 spiro atoms. The molecule has 4 heteroatoms. The van der Waals surface area contributed by atoms with Crippen LogP contribution in [0.3, 0.4) is 0 Å². The third kappa shape index (κ3) is 2.63. The summed E-state index contributed by atoms with van der Waals surface area (Å²) in [6.07, 6.45) is 4.82. The molecule has 3 nitrogen and oxygen atoms in total. The van der Waals surface area contributed by atoms with Gasteiger partial charge in [0.25, 0.3) is 0 Å². The van der Waals surface area contributed by atoms with Crippen LogP contribution in [0.15, 0.2) is 18.2 Å². The zero-order valence-electron chi connectivity index (χ0n) is 10.9. The largest absolute Gasteiger partial charge is 0.348 e. The number of benzene rings is 1. The monoisotopic (exact) mass is 262 g/mol. The van der Waals surface area contributed by atoms with Gasteiger partial charge < -0.3 is 10.6 Å². The first kappa shape index (κ1) is 12.6. The molecule has 3 rings (SSSR count). The van der Waals surface area contributed by atoms with Gasteiger partial charge in [0.15, 0.2) is 0 Å². The SMILES string of the molecule is O=C(NC1CCCc2cc(F)ccc21)C1CCCN1. The lowest BCUT2D eigenvalue weighted by atomic mass is 9.87. The molecule has 2 atom stereocenters. The van der Waals surface area contributed by atoms with Crippen LogP contribution in [0.2, 0.25) is 0 Å². The summed E-state index contributed by atoms with van der Waals surface area (Å²) in [7, 11) is 0. The van der Waals surface area contributed by atoms with Gasteiger partial charge >= 0.3 is 0 Å². The van der Waals surface area contributed by atoms with Crippen LogP contribution < -0.4 is 10.6 Å². The summed E-state index contributed by atoms with van der Waals surface area (Å²) in [4.78, 5) is 12.1. The molecule has 2 N–H and O–H groups in total. The molecular weight excluding hydrogens is 243 g/mol. The van der Waals surface area contributed by atoms with Crippen LogP contribution in [-0.2, 0) is 11.2 Å². The number of fused-ring (bicyclic) bond motifs is 1. The van der Waals surface area contributed by atoms with Crippen LogP contribution in [0.25, 0.3) is 0 Å². The standard InChI is InChI=1S/C15H19FN2O/c16-11-6-7-12-10(9-11)3-1-4-13(12)18-15(19)14-5-2-8-17-14/h6-7,9,13-14,17H,1-5,8H2,(H,18,19). The van der Waals surface area contributed by atoms with Crippen molar-refractivity contribution in [3.63, 3.8) is 0 Å². The van der Waals surface area contributed by atoms with E-state index in [1.165, 1.54) is 6.07 Å². The summed E-state index contributed by atoms with van der Waals surface area (Å²) < 4.78 is 13.2. The molecule has 19 heavy (non-hydrogen) atoms. The van der Waals surface area contributed by atoms with Crippen molar-refractivity contribution < 1.29 is 9.18 Å². The maximum atomic E-state index is 13.2. The van der Waals surface area contributed by atoms with Crippen molar-refractivity contribution in [1.82, 2.24) is 10.6 Å². The molecule has 1 amide bonds. The Balaban J connectivity index is 1.74. The Bertz CT molecular complexity index is 483. The molecule has 1 heterocycles. The normalized spacial score (nSPS) is 25.9. The summed E-state index contributed by atoms with van der Waals surface area (Å²) in [5, 5.41) is 6.32. The van der Waals surface area contributed by atoms with Crippen molar-refractivity contribution in [2.24, 2.45) is 0 Å². The van der Waals surface area contributed by atoms with Crippen molar-refractivity contribution in [1.29, 1.82) is 0 Å². The average molecular weight is 262 g/mol. The topological polar surface area (TPSA) is 41.1 Å². The summed E-state index contributed by atoms with van der Waals surface area (Å²) >= 11 is 0. The zero-order valence-corrected chi connectivity index (χ0v) is 10.9. The van der Waals surface area contributed by atoms with Gasteiger partial charge in [0.2, 0.25) is 5.91 Å². The molecule has 0 aromatic heterocycles. The first-order chi connectivity index (χ1) is 9.24. The lowest BCUT2D eigenvalue weighted by Gasteiger charge is -2.27.